The molecule has 2 fully saturated rings. The number of carbonyl (C=O) groups excluding carboxylic acids is 2. The maximum atomic E-state index is 13.0. The standard InChI is InChI=1S/C21H26F3N3O6S/c1-34(32,33)11-13-10-15(25-20(30)31)5-6-17(13)27-8-7-16(19(27)29)26-18(28)12-3-2-4-14(9-12)21(22,23)24/h2-4,9,13,15-17,25H,5-8,10-11H2,1H3,(H,26,28)(H,30,31)/t13-,15+,16-,17-/m0/s1. The molecular weight excluding hydrogens is 479 g/mol. The van der Waals surface area contributed by atoms with Crippen LogP contribution in [0.4, 0.5) is 18.0 Å². The van der Waals surface area contributed by atoms with E-state index in [0.717, 1.165) is 18.4 Å². The monoisotopic (exact) mass is 505 g/mol. The number of rotatable bonds is 6. The number of hydrogen-bond donors (Lipinski definition) is 3. The van der Waals surface area contributed by atoms with Gasteiger partial charge in [0, 0.05) is 30.4 Å². The van der Waals surface area contributed by atoms with Crippen LogP contribution in [0.3, 0.4) is 0 Å². The van der Waals surface area contributed by atoms with Crippen molar-refractivity contribution in [1.82, 2.24) is 15.5 Å². The Balaban J connectivity index is 1.70. The highest BCUT2D eigenvalue weighted by atomic mass is 32.2. The highest BCUT2D eigenvalue weighted by Gasteiger charge is 2.43. The highest BCUT2D eigenvalue weighted by molar-refractivity contribution is 7.90. The minimum Gasteiger partial charge on any atom is -0.465 e. The molecule has 2 aliphatic rings. The van der Waals surface area contributed by atoms with E-state index in [1.54, 1.807) is 0 Å². The molecule has 0 bridgehead atoms. The third-order valence-electron chi connectivity index (χ3n) is 6.18. The normalized spacial score (nSPS) is 25.8. The summed E-state index contributed by atoms with van der Waals surface area (Å²) in [4.78, 5) is 38.0. The second-order valence-corrected chi connectivity index (χ2v) is 11.0. The first-order valence-electron chi connectivity index (χ1n) is 10.7. The molecule has 0 radical (unpaired) electrons. The maximum Gasteiger partial charge on any atom is 0.416 e. The van der Waals surface area contributed by atoms with E-state index in [4.69, 9.17) is 5.11 Å². The van der Waals surface area contributed by atoms with Crippen molar-refractivity contribution in [3.8, 4) is 0 Å². The van der Waals surface area contributed by atoms with Gasteiger partial charge in [-0.25, -0.2) is 13.2 Å². The van der Waals surface area contributed by atoms with Crippen LogP contribution in [0.25, 0.3) is 0 Å². The van der Waals surface area contributed by atoms with Gasteiger partial charge >= 0.3 is 12.3 Å². The van der Waals surface area contributed by atoms with E-state index < -0.39 is 63.5 Å². The van der Waals surface area contributed by atoms with Gasteiger partial charge in [-0.1, -0.05) is 6.07 Å². The first-order valence-corrected chi connectivity index (χ1v) is 12.8. The van der Waals surface area contributed by atoms with Gasteiger partial charge in [-0.15, -0.1) is 0 Å². The summed E-state index contributed by atoms with van der Waals surface area (Å²) in [6, 6.07) is 2.05. The topological polar surface area (TPSA) is 133 Å². The van der Waals surface area contributed by atoms with Crippen LogP contribution in [0.2, 0.25) is 0 Å². The zero-order valence-corrected chi connectivity index (χ0v) is 19.2. The molecule has 34 heavy (non-hydrogen) atoms. The van der Waals surface area contributed by atoms with E-state index >= 15 is 0 Å². The van der Waals surface area contributed by atoms with Gasteiger partial charge in [0.1, 0.15) is 15.9 Å². The van der Waals surface area contributed by atoms with E-state index in [1.807, 2.05) is 0 Å². The summed E-state index contributed by atoms with van der Waals surface area (Å²) in [5.74, 6) is -1.97. The number of benzene rings is 1. The molecule has 3 rings (SSSR count). The summed E-state index contributed by atoms with van der Waals surface area (Å²) in [5.41, 5.74) is -1.20. The largest absolute Gasteiger partial charge is 0.465 e. The third-order valence-corrected chi connectivity index (χ3v) is 7.22. The lowest BCUT2D eigenvalue weighted by molar-refractivity contribution is -0.137. The first-order chi connectivity index (χ1) is 15.7. The molecule has 0 unspecified atom stereocenters. The van der Waals surface area contributed by atoms with Gasteiger partial charge in [0.2, 0.25) is 5.91 Å². The van der Waals surface area contributed by atoms with Crippen LogP contribution in [0, 0.1) is 5.92 Å². The van der Waals surface area contributed by atoms with Crippen molar-refractivity contribution in [2.24, 2.45) is 5.92 Å². The van der Waals surface area contributed by atoms with Crippen LogP contribution in [0.5, 0.6) is 0 Å². The molecule has 188 valence electrons. The summed E-state index contributed by atoms with van der Waals surface area (Å²) in [6.45, 7) is 0.244. The molecule has 1 aromatic rings. The van der Waals surface area contributed by atoms with Crippen molar-refractivity contribution in [3.63, 3.8) is 0 Å². The molecule has 9 nitrogen and oxygen atoms in total. The summed E-state index contributed by atoms with van der Waals surface area (Å²) in [6.07, 6.45) is -3.48. The number of hydrogen-bond acceptors (Lipinski definition) is 5. The van der Waals surface area contributed by atoms with Gasteiger partial charge in [-0.2, -0.15) is 13.2 Å². The SMILES string of the molecule is CS(=O)(=O)C[C@@H]1C[C@H](NC(=O)O)CC[C@@H]1N1CC[C@H](NC(=O)c2cccc(C(F)(F)F)c2)C1=O. The summed E-state index contributed by atoms with van der Waals surface area (Å²) in [5, 5.41) is 13.8. The van der Waals surface area contributed by atoms with Gasteiger partial charge in [-0.05, 0) is 49.8 Å². The molecule has 13 heteroatoms. The van der Waals surface area contributed by atoms with Gasteiger partial charge in [0.25, 0.3) is 5.91 Å². The molecular formula is C21H26F3N3O6S. The van der Waals surface area contributed by atoms with Gasteiger partial charge < -0.3 is 20.6 Å². The second kappa shape index (κ2) is 9.80. The van der Waals surface area contributed by atoms with Gasteiger partial charge in [-0.3, -0.25) is 9.59 Å². The molecule has 4 atom stereocenters. The van der Waals surface area contributed by atoms with Crippen LogP contribution < -0.4 is 10.6 Å². The lowest BCUT2D eigenvalue weighted by Gasteiger charge is -2.40. The Morgan fingerprint density at radius 1 is 1.18 bits per heavy atom. The molecule has 1 heterocycles. The molecule has 0 aromatic heterocycles. The van der Waals surface area contributed by atoms with Crippen molar-refractivity contribution in [2.45, 2.75) is 50.0 Å². The third kappa shape index (κ3) is 6.39. The zero-order valence-electron chi connectivity index (χ0n) is 18.3. The van der Waals surface area contributed by atoms with Crippen molar-refractivity contribution in [2.75, 3.05) is 18.6 Å². The minimum absolute atomic E-state index is 0.222. The maximum absolute atomic E-state index is 13.0. The van der Waals surface area contributed by atoms with Gasteiger partial charge in [0.05, 0.1) is 11.3 Å². The summed E-state index contributed by atoms with van der Waals surface area (Å²) < 4.78 is 62.7. The number of nitrogens with zero attached hydrogens (tertiary/aromatic N) is 1. The predicted molar refractivity (Wildman–Crippen MR) is 115 cm³/mol. The number of amides is 3. The fraction of sp³-hybridized carbons (Fsp3) is 0.571. The molecule has 0 spiro atoms. The quantitative estimate of drug-likeness (QED) is 0.541. The van der Waals surface area contributed by atoms with Crippen LogP contribution >= 0.6 is 0 Å². The Bertz CT molecular complexity index is 1060. The predicted octanol–water partition coefficient (Wildman–Crippen LogP) is 1.89. The fourth-order valence-electron chi connectivity index (χ4n) is 4.78. The fourth-order valence-corrected chi connectivity index (χ4v) is 5.91. The Hall–Kier alpha value is -2.83. The van der Waals surface area contributed by atoms with E-state index in [0.29, 0.717) is 18.9 Å². The Labute approximate surface area is 194 Å². The van der Waals surface area contributed by atoms with Crippen LogP contribution in [0.15, 0.2) is 24.3 Å². The summed E-state index contributed by atoms with van der Waals surface area (Å²) in [7, 11) is -3.42. The van der Waals surface area contributed by atoms with Crippen molar-refractivity contribution < 1.29 is 41.1 Å². The first kappa shape index (κ1) is 25.8. The number of sulfone groups is 1. The van der Waals surface area contributed by atoms with E-state index in [-0.39, 0.29) is 30.7 Å². The number of alkyl halides is 3. The number of nitrogens with one attached hydrogen (secondary N) is 2. The summed E-state index contributed by atoms with van der Waals surface area (Å²) >= 11 is 0. The van der Waals surface area contributed by atoms with E-state index in [1.165, 1.54) is 11.0 Å². The van der Waals surface area contributed by atoms with Crippen molar-refractivity contribution in [1.29, 1.82) is 0 Å². The molecule has 1 aromatic carbocycles. The highest BCUT2D eigenvalue weighted by Crippen LogP contribution is 2.33. The minimum atomic E-state index is -4.61. The zero-order chi connectivity index (χ0) is 25.3. The molecule has 3 N–H and O–H groups in total. The van der Waals surface area contributed by atoms with Crippen molar-refractivity contribution in [3.05, 3.63) is 35.4 Å². The Morgan fingerprint density at radius 3 is 2.50 bits per heavy atom. The molecule has 3 amide bonds. The number of carbonyl (C=O) groups is 3. The van der Waals surface area contributed by atoms with Gasteiger partial charge in [0.15, 0.2) is 0 Å². The number of halogens is 3. The number of likely N-dealkylation sites (tertiary alicyclic amines) is 1. The molecule has 1 saturated carbocycles. The lowest BCUT2D eigenvalue weighted by atomic mass is 9.81. The molecule has 1 saturated heterocycles. The Kier molecular flexibility index (Phi) is 7.44. The van der Waals surface area contributed by atoms with Crippen LogP contribution in [0.1, 0.15) is 41.6 Å². The second-order valence-electron chi connectivity index (χ2n) is 8.80. The molecule has 1 aliphatic heterocycles. The van der Waals surface area contributed by atoms with Crippen molar-refractivity contribution >= 4 is 27.7 Å². The van der Waals surface area contributed by atoms with E-state index in [2.05, 4.69) is 10.6 Å². The van der Waals surface area contributed by atoms with Crippen LogP contribution in [-0.2, 0) is 20.8 Å². The Morgan fingerprint density at radius 2 is 1.88 bits per heavy atom. The number of carboxylic acid groups (broad SMARTS) is 1. The lowest BCUT2D eigenvalue weighted by Crippen LogP contribution is -2.52. The smallest absolute Gasteiger partial charge is 0.416 e. The molecule has 1 aliphatic carbocycles. The average Bonchev–Trinajstić information content (AvgIpc) is 3.06. The average molecular weight is 506 g/mol. The van der Waals surface area contributed by atoms with Crippen LogP contribution in [-0.4, -0.2) is 73.0 Å². The van der Waals surface area contributed by atoms with E-state index in [9.17, 15) is 36.0 Å².